The summed E-state index contributed by atoms with van der Waals surface area (Å²) in [6.07, 6.45) is 0.358. The van der Waals surface area contributed by atoms with Crippen LogP contribution in [0.3, 0.4) is 0 Å². The number of ketones is 1. The molecule has 0 spiro atoms. The summed E-state index contributed by atoms with van der Waals surface area (Å²) in [5.74, 6) is -0.466. The SMILES string of the molecule is Cc1ccc2cccc(C(=O)C=O)c2c1. The number of benzene rings is 2. The van der Waals surface area contributed by atoms with Crippen molar-refractivity contribution < 1.29 is 9.59 Å². The zero-order valence-corrected chi connectivity index (χ0v) is 8.36. The molecule has 0 aliphatic carbocycles. The van der Waals surface area contributed by atoms with E-state index in [4.69, 9.17) is 0 Å². The lowest BCUT2D eigenvalue weighted by molar-refractivity contribution is -0.104. The van der Waals surface area contributed by atoms with Gasteiger partial charge in [-0.15, -0.1) is 0 Å². The average Bonchev–Trinajstić information content (AvgIpc) is 2.27. The molecule has 2 rings (SSSR count). The summed E-state index contributed by atoms with van der Waals surface area (Å²) in [6.45, 7) is 1.96. The van der Waals surface area contributed by atoms with E-state index in [0.717, 1.165) is 16.3 Å². The first-order chi connectivity index (χ1) is 7.22. The van der Waals surface area contributed by atoms with E-state index in [1.54, 1.807) is 12.1 Å². The maximum Gasteiger partial charge on any atom is 0.225 e. The number of carbonyl (C=O) groups is 2. The van der Waals surface area contributed by atoms with Gasteiger partial charge in [-0.2, -0.15) is 0 Å². The Balaban J connectivity index is 2.79. The van der Waals surface area contributed by atoms with E-state index in [-0.39, 0.29) is 0 Å². The van der Waals surface area contributed by atoms with E-state index in [1.807, 2.05) is 31.2 Å². The largest absolute Gasteiger partial charge is 0.294 e. The van der Waals surface area contributed by atoms with E-state index in [1.165, 1.54) is 0 Å². The molecule has 0 aliphatic rings. The van der Waals surface area contributed by atoms with Gasteiger partial charge in [0, 0.05) is 5.56 Å². The Morgan fingerprint density at radius 1 is 1.20 bits per heavy atom. The fraction of sp³-hybridized carbons (Fsp3) is 0.0769. The van der Waals surface area contributed by atoms with Crippen molar-refractivity contribution in [3.05, 3.63) is 47.5 Å². The van der Waals surface area contributed by atoms with Crippen LogP contribution in [-0.2, 0) is 4.79 Å². The highest BCUT2D eigenvalue weighted by Crippen LogP contribution is 2.20. The van der Waals surface area contributed by atoms with Crippen molar-refractivity contribution in [1.29, 1.82) is 0 Å². The number of aldehydes is 1. The third kappa shape index (κ3) is 1.66. The molecule has 0 bridgehead atoms. The standard InChI is InChI=1S/C13H10O2/c1-9-5-6-10-3-2-4-11(12(10)7-9)13(15)8-14/h2-8H,1H3. The normalized spacial score (nSPS) is 10.2. The lowest BCUT2D eigenvalue weighted by atomic mass is 10.0. The quantitative estimate of drug-likeness (QED) is 0.422. The maximum absolute atomic E-state index is 11.4. The Morgan fingerprint density at radius 2 is 2.00 bits per heavy atom. The van der Waals surface area contributed by atoms with Crippen molar-refractivity contribution in [2.75, 3.05) is 0 Å². The Bertz CT molecular complexity index is 541. The van der Waals surface area contributed by atoms with Gasteiger partial charge in [0.1, 0.15) is 0 Å². The predicted molar refractivity (Wildman–Crippen MR) is 59.1 cm³/mol. The summed E-state index contributed by atoms with van der Waals surface area (Å²) < 4.78 is 0. The van der Waals surface area contributed by atoms with Gasteiger partial charge in [-0.1, -0.05) is 42.0 Å². The molecule has 0 amide bonds. The van der Waals surface area contributed by atoms with Crippen LogP contribution in [0, 0.1) is 6.92 Å². The number of fused-ring (bicyclic) bond motifs is 1. The third-order valence-corrected chi connectivity index (χ3v) is 2.41. The van der Waals surface area contributed by atoms with Crippen LogP contribution in [-0.4, -0.2) is 12.1 Å². The van der Waals surface area contributed by atoms with Gasteiger partial charge in [0.2, 0.25) is 5.78 Å². The number of Topliss-reactive ketones (excluding diaryl/α,β-unsaturated/α-hetero) is 1. The van der Waals surface area contributed by atoms with Crippen LogP contribution in [0.1, 0.15) is 15.9 Å². The molecule has 0 saturated heterocycles. The first-order valence-corrected chi connectivity index (χ1v) is 4.71. The second-order valence-electron chi connectivity index (χ2n) is 3.51. The summed E-state index contributed by atoms with van der Waals surface area (Å²) in [6, 6.07) is 11.2. The molecule has 0 aliphatic heterocycles. The Morgan fingerprint density at radius 3 is 2.73 bits per heavy atom. The highest BCUT2D eigenvalue weighted by atomic mass is 16.2. The van der Waals surface area contributed by atoms with Gasteiger partial charge in [0.05, 0.1) is 0 Å². The predicted octanol–water partition coefficient (Wildman–Crippen LogP) is 2.53. The molecule has 0 radical (unpaired) electrons. The van der Waals surface area contributed by atoms with Gasteiger partial charge in [-0.3, -0.25) is 9.59 Å². The molecule has 2 aromatic carbocycles. The first-order valence-electron chi connectivity index (χ1n) is 4.71. The lowest BCUT2D eigenvalue weighted by Gasteiger charge is -2.03. The van der Waals surface area contributed by atoms with Gasteiger partial charge >= 0.3 is 0 Å². The molecule has 0 fully saturated rings. The Kier molecular flexibility index (Phi) is 2.34. The summed E-state index contributed by atoms with van der Waals surface area (Å²) in [5.41, 5.74) is 1.56. The molecular weight excluding hydrogens is 188 g/mol. The van der Waals surface area contributed by atoms with Gasteiger partial charge in [-0.25, -0.2) is 0 Å². The number of hydrogen-bond acceptors (Lipinski definition) is 2. The molecule has 0 N–H and O–H groups in total. The number of carbonyl (C=O) groups excluding carboxylic acids is 2. The summed E-state index contributed by atoms with van der Waals surface area (Å²) in [4.78, 5) is 21.9. The van der Waals surface area contributed by atoms with Gasteiger partial charge in [-0.05, 0) is 17.7 Å². The molecule has 0 unspecified atom stereocenters. The lowest BCUT2D eigenvalue weighted by Crippen LogP contribution is -2.00. The molecule has 74 valence electrons. The minimum Gasteiger partial charge on any atom is -0.294 e. The zero-order valence-electron chi connectivity index (χ0n) is 8.36. The smallest absolute Gasteiger partial charge is 0.225 e. The summed E-state index contributed by atoms with van der Waals surface area (Å²) in [5, 5.41) is 1.82. The average molecular weight is 198 g/mol. The summed E-state index contributed by atoms with van der Waals surface area (Å²) >= 11 is 0. The number of rotatable bonds is 2. The molecule has 0 aromatic heterocycles. The molecule has 2 nitrogen and oxygen atoms in total. The van der Waals surface area contributed by atoms with Crippen LogP contribution >= 0.6 is 0 Å². The number of aryl methyl sites for hydroxylation is 1. The van der Waals surface area contributed by atoms with Gasteiger partial charge in [0.25, 0.3) is 0 Å². The Hall–Kier alpha value is -1.96. The minimum atomic E-state index is -0.466. The van der Waals surface area contributed by atoms with E-state index < -0.39 is 5.78 Å². The molecule has 2 aromatic rings. The molecule has 2 heteroatoms. The summed E-state index contributed by atoms with van der Waals surface area (Å²) in [7, 11) is 0. The van der Waals surface area contributed by atoms with Crippen LogP contribution in [0.2, 0.25) is 0 Å². The first kappa shape index (κ1) is 9.59. The molecular formula is C13H10O2. The van der Waals surface area contributed by atoms with E-state index in [9.17, 15) is 9.59 Å². The maximum atomic E-state index is 11.4. The molecule has 0 heterocycles. The van der Waals surface area contributed by atoms with Crippen LogP contribution in [0.15, 0.2) is 36.4 Å². The monoisotopic (exact) mass is 198 g/mol. The van der Waals surface area contributed by atoms with Crippen molar-refractivity contribution >= 4 is 22.8 Å². The topological polar surface area (TPSA) is 34.1 Å². The fourth-order valence-electron chi connectivity index (χ4n) is 1.66. The number of hydrogen-bond donors (Lipinski definition) is 0. The van der Waals surface area contributed by atoms with Crippen molar-refractivity contribution in [3.8, 4) is 0 Å². The van der Waals surface area contributed by atoms with Crippen LogP contribution < -0.4 is 0 Å². The van der Waals surface area contributed by atoms with Crippen molar-refractivity contribution in [2.24, 2.45) is 0 Å². The van der Waals surface area contributed by atoms with Gasteiger partial charge in [0.15, 0.2) is 6.29 Å². The molecule has 0 saturated carbocycles. The molecule has 15 heavy (non-hydrogen) atoms. The van der Waals surface area contributed by atoms with Crippen molar-refractivity contribution in [2.45, 2.75) is 6.92 Å². The van der Waals surface area contributed by atoms with Crippen LogP contribution in [0.25, 0.3) is 10.8 Å². The Labute approximate surface area is 87.5 Å². The second-order valence-corrected chi connectivity index (χ2v) is 3.51. The highest BCUT2D eigenvalue weighted by Gasteiger charge is 2.08. The minimum absolute atomic E-state index is 0.358. The fourth-order valence-corrected chi connectivity index (χ4v) is 1.66. The molecule has 0 atom stereocenters. The zero-order chi connectivity index (χ0) is 10.8. The van der Waals surface area contributed by atoms with Crippen molar-refractivity contribution in [1.82, 2.24) is 0 Å². The van der Waals surface area contributed by atoms with Crippen molar-refractivity contribution in [3.63, 3.8) is 0 Å². The van der Waals surface area contributed by atoms with E-state index >= 15 is 0 Å². The highest BCUT2D eigenvalue weighted by molar-refractivity contribution is 6.36. The third-order valence-electron chi connectivity index (χ3n) is 2.41. The van der Waals surface area contributed by atoms with E-state index in [2.05, 4.69) is 0 Å². The van der Waals surface area contributed by atoms with Crippen LogP contribution in [0.4, 0.5) is 0 Å². The van der Waals surface area contributed by atoms with E-state index in [0.29, 0.717) is 11.8 Å². The second kappa shape index (κ2) is 3.65. The van der Waals surface area contributed by atoms with Crippen LogP contribution in [0.5, 0.6) is 0 Å². The van der Waals surface area contributed by atoms with Gasteiger partial charge < -0.3 is 0 Å².